The number of rotatable bonds is 4. The predicted molar refractivity (Wildman–Crippen MR) is 74.6 cm³/mol. The first-order valence-corrected chi connectivity index (χ1v) is 6.81. The highest BCUT2D eigenvalue weighted by Gasteiger charge is 2.36. The molecule has 1 aromatic rings. The molecule has 1 rings (SSSR count). The Morgan fingerprint density at radius 1 is 1.10 bits per heavy atom. The highest BCUT2D eigenvalue weighted by atomic mass is 19.4. The summed E-state index contributed by atoms with van der Waals surface area (Å²) in [5.74, 6) is -0.424. The Labute approximate surface area is 123 Å². The zero-order valence-electron chi connectivity index (χ0n) is 13.0. The molecule has 0 amide bonds. The Morgan fingerprint density at radius 2 is 1.62 bits per heavy atom. The molecular weight excluding hydrogens is 281 g/mol. The summed E-state index contributed by atoms with van der Waals surface area (Å²) < 4.78 is 43.7. The smallest absolute Gasteiger partial charge is 0.416 e. The van der Waals surface area contributed by atoms with Crippen molar-refractivity contribution in [1.29, 1.82) is 0 Å². The molecule has 2 nitrogen and oxygen atoms in total. The van der Waals surface area contributed by atoms with Crippen LogP contribution in [0.25, 0.3) is 0 Å². The quantitative estimate of drug-likeness (QED) is 0.738. The van der Waals surface area contributed by atoms with Crippen LogP contribution in [0.2, 0.25) is 0 Å². The Kier molecular flexibility index (Phi) is 4.76. The lowest BCUT2D eigenvalue weighted by Gasteiger charge is -2.31. The van der Waals surface area contributed by atoms with Gasteiger partial charge >= 0.3 is 12.1 Å². The molecule has 0 saturated heterocycles. The number of benzene rings is 1. The first-order valence-electron chi connectivity index (χ1n) is 6.81. The van der Waals surface area contributed by atoms with Crippen molar-refractivity contribution in [1.82, 2.24) is 0 Å². The number of hydrogen-bond donors (Lipinski definition) is 0. The van der Waals surface area contributed by atoms with Gasteiger partial charge in [0.25, 0.3) is 0 Å². The molecule has 0 N–H and O–H groups in total. The van der Waals surface area contributed by atoms with Crippen LogP contribution in [0.15, 0.2) is 24.3 Å². The van der Waals surface area contributed by atoms with Gasteiger partial charge in [0, 0.05) is 0 Å². The van der Waals surface area contributed by atoms with E-state index in [1.54, 1.807) is 27.7 Å². The summed E-state index contributed by atoms with van der Waals surface area (Å²) in [6.07, 6.45) is -3.83. The third-order valence-electron chi connectivity index (χ3n) is 3.67. The molecule has 0 fully saturated rings. The molecule has 0 atom stereocenters. The zero-order chi connectivity index (χ0) is 16.5. The van der Waals surface area contributed by atoms with Gasteiger partial charge in [-0.2, -0.15) is 13.2 Å². The molecule has 0 radical (unpaired) electrons. The van der Waals surface area contributed by atoms with E-state index in [0.717, 1.165) is 12.1 Å². The third kappa shape index (κ3) is 4.22. The van der Waals surface area contributed by atoms with Gasteiger partial charge < -0.3 is 4.74 Å². The first-order chi connectivity index (χ1) is 9.40. The Bertz CT molecular complexity index is 516. The van der Waals surface area contributed by atoms with Gasteiger partial charge in [0.2, 0.25) is 0 Å². The largest absolute Gasteiger partial charge is 0.454 e. The van der Waals surface area contributed by atoms with E-state index in [-0.39, 0.29) is 0 Å². The monoisotopic (exact) mass is 302 g/mol. The fourth-order valence-electron chi connectivity index (χ4n) is 1.64. The summed E-state index contributed by atoms with van der Waals surface area (Å²) in [4.78, 5) is 12.1. The molecule has 0 bridgehead atoms. The maximum atomic E-state index is 12.8. The molecule has 0 aromatic heterocycles. The second-order valence-electron chi connectivity index (χ2n) is 6.22. The van der Waals surface area contributed by atoms with E-state index >= 15 is 0 Å². The van der Waals surface area contributed by atoms with Gasteiger partial charge in [0.1, 0.15) is 5.60 Å². The average Bonchev–Trinajstić information content (AvgIpc) is 2.37. The van der Waals surface area contributed by atoms with Crippen LogP contribution in [0, 0.1) is 5.41 Å². The SMILES string of the molecule is CCC(C)(C)C(=O)OC(C)(C)c1cccc(C(F)(F)F)c1. The standard InChI is InChI=1S/C16H21F3O2/c1-6-14(2,3)13(20)21-15(4,5)11-8-7-9-12(10-11)16(17,18)19/h7-10H,6H2,1-5H3. The molecule has 0 aliphatic rings. The Balaban J connectivity index is 3.06. The van der Waals surface area contributed by atoms with Gasteiger partial charge in [-0.3, -0.25) is 4.79 Å². The van der Waals surface area contributed by atoms with Gasteiger partial charge in [-0.25, -0.2) is 0 Å². The van der Waals surface area contributed by atoms with E-state index in [1.807, 2.05) is 6.92 Å². The molecule has 21 heavy (non-hydrogen) atoms. The minimum atomic E-state index is -4.42. The van der Waals surface area contributed by atoms with Crippen LogP contribution in [-0.4, -0.2) is 5.97 Å². The van der Waals surface area contributed by atoms with Crippen LogP contribution in [0.3, 0.4) is 0 Å². The molecule has 0 aliphatic carbocycles. The van der Waals surface area contributed by atoms with Gasteiger partial charge in [0.05, 0.1) is 11.0 Å². The second-order valence-corrected chi connectivity index (χ2v) is 6.22. The average molecular weight is 302 g/mol. The highest BCUT2D eigenvalue weighted by molar-refractivity contribution is 5.76. The van der Waals surface area contributed by atoms with Gasteiger partial charge in [-0.1, -0.05) is 19.1 Å². The van der Waals surface area contributed by atoms with Gasteiger partial charge in [-0.15, -0.1) is 0 Å². The molecule has 1 aromatic carbocycles. The van der Waals surface area contributed by atoms with Crippen molar-refractivity contribution in [3.8, 4) is 0 Å². The lowest BCUT2D eigenvalue weighted by molar-refractivity contribution is -0.168. The Morgan fingerprint density at radius 3 is 2.10 bits per heavy atom. The molecule has 118 valence electrons. The van der Waals surface area contributed by atoms with Crippen molar-refractivity contribution in [3.05, 3.63) is 35.4 Å². The second kappa shape index (κ2) is 5.70. The highest BCUT2D eigenvalue weighted by Crippen LogP contribution is 2.34. The zero-order valence-corrected chi connectivity index (χ0v) is 13.0. The van der Waals surface area contributed by atoms with Crippen LogP contribution in [0.5, 0.6) is 0 Å². The summed E-state index contributed by atoms with van der Waals surface area (Å²) in [5, 5.41) is 0. The lowest BCUT2D eigenvalue weighted by Crippen LogP contribution is -2.34. The summed E-state index contributed by atoms with van der Waals surface area (Å²) in [6, 6.07) is 4.86. The van der Waals surface area contributed by atoms with Gasteiger partial charge in [0.15, 0.2) is 0 Å². The minimum absolute atomic E-state index is 0.317. The van der Waals surface area contributed by atoms with Crippen LogP contribution in [0.1, 0.15) is 52.2 Å². The van der Waals surface area contributed by atoms with Gasteiger partial charge in [-0.05, 0) is 51.8 Å². The number of carbonyl (C=O) groups excluding carboxylic acids is 1. The normalized spacial score (nSPS) is 13.1. The molecule has 0 saturated carbocycles. The van der Waals surface area contributed by atoms with E-state index in [9.17, 15) is 18.0 Å². The third-order valence-corrected chi connectivity index (χ3v) is 3.67. The van der Waals surface area contributed by atoms with Crippen molar-refractivity contribution < 1.29 is 22.7 Å². The van der Waals surface area contributed by atoms with Crippen LogP contribution in [-0.2, 0) is 21.3 Å². The number of carbonyl (C=O) groups is 1. The number of alkyl halides is 3. The summed E-state index contributed by atoms with van der Waals surface area (Å²) in [7, 11) is 0. The van der Waals surface area contributed by atoms with Crippen molar-refractivity contribution in [2.75, 3.05) is 0 Å². The van der Waals surface area contributed by atoms with Crippen molar-refractivity contribution in [2.24, 2.45) is 5.41 Å². The number of ether oxygens (including phenoxy) is 1. The molecule has 0 heterocycles. The molecule has 5 heteroatoms. The fourth-order valence-corrected chi connectivity index (χ4v) is 1.64. The van der Waals surface area contributed by atoms with E-state index in [0.29, 0.717) is 12.0 Å². The van der Waals surface area contributed by atoms with E-state index in [2.05, 4.69) is 0 Å². The van der Waals surface area contributed by atoms with Crippen molar-refractivity contribution >= 4 is 5.97 Å². The number of halogens is 3. The first kappa shape index (κ1) is 17.5. The van der Waals surface area contributed by atoms with E-state index in [4.69, 9.17) is 4.74 Å². The summed E-state index contributed by atoms with van der Waals surface area (Å²) in [6.45, 7) is 8.53. The van der Waals surface area contributed by atoms with E-state index < -0.39 is 28.7 Å². The molecule has 0 unspecified atom stereocenters. The van der Waals surface area contributed by atoms with Crippen LogP contribution in [0.4, 0.5) is 13.2 Å². The van der Waals surface area contributed by atoms with Crippen molar-refractivity contribution in [2.45, 2.75) is 52.8 Å². The maximum absolute atomic E-state index is 12.8. The van der Waals surface area contributed by atoms with Crippen LogP contribution < -0.4 is 0 Å². The molecule has 0 spiro atoms. The summed E-state index contributed by atoms with van der Waals surface area (Å²) in [5.41, 5.74) is -2.22. The van der Waals surface area contributed by atoms with Crippen LogP contribution >= 0.6 is 0 Å². The summed E-state index contributed by atoms with van der Waals surface area (Å²) >= 11 is 0. The maximum Gasteiger partial charge on any atom is 0.416 e. The Hall–Kier alpha value is -1.52. The van der Waals surface area contributed by atoms with E-state index in [1.165, 1.54) is 12.1 Å². The fraction of sp³-hybridized carbons (Fsp3) is 0.562. The molecule has 0 aliphatic heterocycles. The minimum Gasteiger partial charge on any atom is -0.454 e. The van der Waals surface area contributed by atoms with Crippen molar-refractivity contribution in [3.63, 3.8) is 0 Å². The lowest BCUT2D eigenvalue weighted by atomic mass is 9.89. The molecular formula is C16H21F3O2. The topological polar surface area (TPSA) is 26.3 Å². The number of esters is 1. The predicted octanol–water partition coefficient (Wildman–Crippen LogP) is 4.92. The number of hydrogen-bond acceptors (Lipinski definition) is 2.